The van der Waals surface area contributed by atoms with Crippen LogP contribution < -0.4 is 43.5 Å². The van der Waals surface area contributed by atoms with Gasteiger partial charge in [-0.15, -0.1) is 0 Å². The van der Waals surface area contributed by atoms with Gasteiger partial charge in [0.15, 0.2) is 23.3 Å². The minimum atomic E-state index is -0.233. The van der Waals surface area contributed by atoms with Crippen molar-refractivity contribution in [2.45, 2.75) is 89.6 Å². The summed E-state index contributed by atoms with van der Waals surface area (Å²) in [4.78, 5) is 108. The number of pyridine rings is 9. The molecule has 132 heavy (non-hydrogen) atoms. The van der Waals surface area contributed by atoms with Gasteiger partial charge in [-0.3, -0.25) is 48.2 Å². The molecule has 0 spiro atoms. The summed E-state index contributed by atoms with van der Waals surface area (Å²) in [6, 6.07) is 64.7. The van der Waals surface area contributed by atoms with Gasteiger partial charge in [0.05, 0.1) is 111 Å². The Labute approximate surface area is 751 Å². The van der Waals surface area contributed by atoms with Gasteiger partial charge in [-0.1, -0.05) is 115 Å². The zero-order valence-electron chi connectivity index (χ0n) is 72.2. The van der Waals surface area contributed by atoms with Crippen LogP contribution in [0.2, 0.25) is 0 Å². The van der Waals surface area contributed by atoms with E-state index in [9.17, 15) is 19.2 Å². The number of aromatic nitrogens is 23. The van der Waals surface area contributed by atoms with Crippen molar-refractivity contribution in [2.24, 2.45) is 7.05 Å². The van der Waals surface area contributed by atoms with Crippen LogP contribution in [0.3, 0.4) is 0 Å². The molecule has 31 heteroatoms. The molecule has 2 aliphatic rings. The molecule has 2 saturated carbocycles. The van der Waals surface area contributed by atoms with Crippen LogP contribution in [0.1, 0.15) is 112 Å². The molecule has 650 valence electrons. The average molecular weight is 1740 g/mol. The second-order valence-electron chi connectivity index (χ2n) is 33.0. The van der Waals surface area contributed by atoms with Crippen molar-refractivity contribution in [1.29, 1.82) is 0 Å². The highest BCUT2D eigenvalue weighted by atomic mass is 16.1. The van der Waals surface area contributed by atoms with E-state index in [1.54, 1.807) is 88.7 Å². The summed E-state index contributed by atoms with van der Waals surface area (Å²) in [7, 11) is 1.87. The van der Waals surface area contributed by atoms with Gasteiger partial charge in [0.2, 0.25) is 0 Å². The number of aryl methyl sites for hydroxylation is 1. The van der Waals surface area contributed by atoms with Crippen LogP contribution in [-0.2, 0) is 7.05 Å². The van der Waals surface area contributed by atoms with Gasteiger partial charge in [0.1, 0.15) is 22.1 Å². The van der Waals surface area contributed by atoms with Gasteiger partial charge < -0.3 is 50.3 Å². The molecule has 0 radical (unpaired) electrons. The van der Waals surface area contributed by atoms with E-state index in [-0.39, 0.29) is 58.5 Å². The number of nitrogens with one attached hydrogen (secondary N) is 10. The van der Waals surface area contributed by atoms with Crippen LogP contribution in [0.15, 0.2) is 313 Å². The average Bonchev–Trinajstić information content (AvgIpc) is 1.55. The SMILES string of the molecule is C[C@@H](Nc1nccc2[nH]cnc12)c1cc2cccc(-c3cccnc3)c2c(=O)n1C1CC1.C[C@@H](Nc1nccc2[nH]cnc12)c1cc2cccc(-c3ccn[nH]3)c2c(=O)n1-c1ccccc1.C[C@@H](Nc1nccc2[nH]cnc12)c1cc2cccc(-c3cn[nH]c3)c2c(=O)n1C1CC1.C[C@@H](Nc1nccc2[nH]cnc12)c1cc2cccc(-c3cnn(C)c3)c2c(=O)n1-c1ccccc1. The molecular formula is C101H87N27O4. The third kappa shape index (κ3) is 15.6. The molecule has 16 heterocycles. The normalized spacial score (nSPS) is 13.5. The quantitative estimate of drug-likeness (QED) is 0.0339. The standard InChI is InChI=1S/C27H23N7O.C26H21N7O.C25H22N6O.C23H21N7O/c1-17(32-26-25-22(11-12-28-26)29-16-30-25)23-13-18-7-6-10-21(19-14-31-33(2)15-19)24(18)27(35)34(23)20-8-4-3-5-9-20;1-16(31-25-24-21(10-12-27-25)28-15-29-24)22-14-17-6-5-9-19(20-11-13-30-32-20)23(17)26(34)33(22)18-7-3-2-4-8-18;1-15(30-24-23-20(9-11-27-24)28-14-29-23)21-12-16-4-2-6-19(17-5-3-10-26-13-17)22(16)25(32)31(21)18-7-8-18;1-13(29-22-21-18(7-8-24-22)25-12-26-21)19-9-14-3-2-4-17(15-10-27-28-11-15)20(14)23(31)30(19)16-5-6-16/h3-17H,1-2H3,(H,28,32)(H,29,30);2-16H,1H3,(H,27,31)(H,28,29)(H,30,32);2-6,9-15,18H,7-8H2,1H3,(H,27,30)(H,28,29);2-4,7-13,16H,5-6H2,1H3,(H,24,29)(H,25,26)(H,27,28)/t17-;16-;15-;13-/m1111/s1. The smallest absolute Gasteiger partial charge is 0.263 e. The Kier molecular flexibility index (Phi) is 21.5. The van der Waals surface area contributed by atoms with E-state index in [0.29, 0.717) is 34.0 Å². The number of anilines is 4. The van der Waals surface area contributed by atoms with Crippen molar-refractivity contribution in [1.82, 2.24) is 113 Å². The Morgan fingerprint density at radius 1 is 0.356 bits per heavy atom. The summed E-state index contributed by atoms with van der Waals surface area (Å²) in [6.45, 7) is 8.17. The minimum absolute atomic E-state index is 0.0476. The van der Waals surface area contributed by atoms with Crippen LogP contribution in [0.4, 0.5) is 23.3 Å². The van der Waals surface area contributed by atoms with E-state index < -0.39 is 0 Å². The summed E-state index contributed by atoms with van der Waals surface area (Å²) in [5.41, 5.74) is 18.9. The van der Waals surface area contributed by atoms with Crippen molar-refractivity contribution in [3.63, 3.8) is 0 Å². The highest BCUT2D eigenvalue weighted by molar-refractivity contribution is 6.00. The molecule has 0 aliphatic heterocycles. The zero-order chi connectivity index (χ0) is 89.6. The van der Waals surface area contributed by atoms with Gasteiger partial charge in [0, 0.05) is 131 Å². The van der Waals surface area contributed by atoms with Crippen LogP contribution in [0, 0.1) is 0 Å². The maximum Gasteiger partial charge on any atom is 0.263 e. The molecule has 6 aromatic carbocycles. The van der Waals surface area contributed by atoms with Gasteiger partial charge >= 0.3 is 0 Å². The Morgan fingerprint density at radius 2 is 0.750 bits per heavy atom. The molecule has 16 aromatic heterocycles. The lowest BCUT2D eigenvalue weighted by Gasteiger charge is -2.22. The number of nitrogens with zero attached hydrogens (tertiary/aromatic N) is 17. The summed E-state index contributed by atoms with van der Waals surface area (Å²) < 4.78 is 9.24. The van der Waals surface area contributed by atoms with Crippen molar-refractivity contribution in [3.8, 4) is 56.0 Å². The van der Waals surface area contributed by atoms with Crippen molar-refractivity contribution >= 4 is 110 Å². The third-order valence-corrected chi connectivity index (χ3v) is 24.4. The van der Waals surface area contributed by atoms with Crippen molar-refractivity contribution in [2.75, 3.05) is 21.3 Å². The minimum Gasteiger partial charge on any atom is -0.360 e. The van der Waals surface area contributed by atoms with Crippen LogP contribution in [-0.4, -0.2) is 113 Å². The van der Waals surface area contributed by atoms with Crippen LogP contribution in [0.25, 0.3) is 143 Å². The molecule has 10 N–H and O–H groups in total. The Bertz CT molecular complexity index is 8290. The molecule has 0 unspecified atom stereocenters. The Hall–Kier alpha value is -17.4. The fraction of sp³-hybridized carbons (Fsp3) is 0.149. The molecule has 2 fully saturated rings. The summed E-state index contributed by atoms with van der Waals surface area (Å²) >= 11 is 0. The predicted octanol–water partition coefficient (Wildman–Crippen LogP) is 18.7. The number of aromatic amines is 6. The third-order valence-electron chi connectivity index (χ3n) is 24.4. The molecule has 31 nitrogen and oxygen atoms in total. The van der Waals surface area contributed by atoms with E-state index in [1.807, 2.05) is 225 Å². The fourth-order valence-corrected chi connectivity index (χ4v) is 17.8. The van der Waals surface area contributed by atoms with Crippen LogP contribution >= 0.6 is 0 Å². The van der Waals surface area contributed by atoms with E-state index in [1.165, 1.54) is 0 Å². The maximum absolute atomic E-state index is 14.2. The fourth-order valence-electron chi connectivity index (χ4n) is 17.8. The molecule has 22 aromatic rings. The summed E-state index contributed by atoms with van der Waals surface area (Å²) in [5.74, 6) is 2.72. The highest BCUT2D eigenvalue weighted by Crippen LogP contribution is 2.42. The van der Waals surface area contributed by atoms with Gasteiger partial charge in [-0.2, -0.15) is 15.3 Å². The van der Waals surface area contributed by atoms with Gasteiger partial charge in [-0.05, 0) is 177 Å². The number of imidazole rings is 4. The predicted molar refractivity (Wildman–Crippen MR) is 516 cm³/mol. The number of benzene rings is 6. The van der Waals surface area contributed by atoms with E-state index >= 15 is 0 Å². The number of para-hydroxylation sites is 2. The first-order chi connectivity index (χ1) is 64.7. The maximum atomic E-state index is 14.2. The zero-order valence-corrected chi connectivity index (χ0v) is 72.2. The molecule has 4 atom stereocenters. The summed E-state index contributed by atoms with van der Waals surface area (Å²) in [6.07, 6.45) is 30.2. The number of hydrogen-bond donors (Lipinski definition) is 10. The molecule has 0 bridgehead atoms. The van der Waals surface area contributed by atoms with Crippen LogP contribution in [0.5, 0.6) is 0 Å². The molecule has 0 amide bonds. The lowest BCUT2D eigenvalue weighted by molar-refractivity contribution is 0.636. The van der Waals surface area contributed by atoms with E-state index in [4.69, 9.17) is 0 Å². The summed E-state index contributed by atoms with van der Waals surface area (Å²) in [5, 5.41) is 38.5. The van der Waals surface area contributed by atoms with Crippen molar-refractivity contribution in [3.05, 3.63) is 358 Å². The first-order valence-electron chi connectivity index (χ1n) is 43.6. The van der Waals surface area contributed by atoms with Gasteiger partial charge in [-0.25, -0.2) is 39.9 Å². The first kappa shape index (κ1) is 81.6. The lowest BCUT2D eigenvalue weighted by atomic mass is 9.99. The highest BCUT2D eigenvalue weighted by Gasteiger charge is 2.33. The van der Waals surface area contributed by atoms with Gasteiger partial charge in [0.25, 0.3) is 22.2 Å². The molecule has 2 aliphatic carbocycles. The topological polar surface area (TPSA) is 390 Å². The van der Waals surface area contributed by atoms with E-state index in [0.717, 1.165) is 181 Å². The molecule has 0 saturated heterocycles. The number of fused-ring (bicyclic) bond motifs is 8. The Morgan fingerprint density at radius 3 is 1.13 bits per heavy atom. The number of rotatable bonds is 20. The first-order valence-corrected chi connectivity index (χ1v) is 43.6. The molecular weight excluding hydrogens is 1660 g/mol. The number of H-pyrrole nitrogens is 6. The molecule has 24 rings (SSSR count). The second-order valence-corrected chi connectivity index (χ2v) is 33.0. The monoisotopic (exact) mass is 1740 g/mol. The number of hydrogen-bond acceptors (Lipinski definition) is 20. The Balaban J connectivity index is 0.000000106. The second kappa shape index (κ2) is 34.8. The largest absolute Gasteiger partial charge is 0.360 e. The lowest BCUT2D eigenvalue weighted by Crippen LogP contribution is -2.26. The van der Waals surface area contributed by atoms with Crippen molar-refractivity contribution < 1.29 is 0 Å². The van der Waals surface area contributed by atoms with E-state index in [2.05, 4.69) is 150 Å².